The predicted molar refractivity (Wildman–Crippen MR) is 102 cm³/mol. The molecule has 1 atom stereocenters. The Labute approximate surface area is 159 Å². The maximum Gasteiger partial charge on any atom is 0.224 e. The molecule has 1 unspecified atom stereocenters. The Bertz CT molecular complexity index is 812. The van der Waals surface area contributed by atoms with Gasteiger partial charge < -0.3 is 10.2 Å². The Morgan fingerprint density at radius 2 is 2.00 bits per heavy atom. The van der Waals surface area contributed by atoms with Crippen molar-refractivity contribution in [1.82, 2.24) is 25.2 Å². The molecule has 1 aromatic heterocycles. The number of carbonyl (C=O) groups is 2. The number of likely N-dealkylation sites (tertiary alicyclic amines) is 1. The lowest BCUT2D eigenvalue weighted by Gasteiger charge is -2.36. The van der Waals surface area contributed by atoms with Gasteiger partial charge >= 0.3 is 0 Å². The zero-order valence-electron chi connectivity index (χ0n) is 15.6. The second-order valence-corrected chi connectivity index (χ2v) is 7.67. The largest absolute Gasteiger partial charge is 0.356 e. The summed E-state index contributed by atoms with van der Waals surface area (Å²) in [6, 6.07) is 8.23. The van der Waals surface area contributed by atoms with E-state index in [2.05, 4.69) is 15.6 Å². The van der Waals surface area contributed by atoms with Crippen molar-refractivity contribution in [3.8, 4) is 0 Å². The molecule has 2 heterocycles. The van der Waals surface area contributed by atoms with Crippen LogP contribution in [0, 0.1) is 5.92 Å². The molecule has 1 saturated carbocycles. The number of aryl methyl sites for hydroxylation is 1. The molecule has 7 heteroatoms. The number of nitrogens with zero attached hydrogens (tertiary/aromatic N) is 4. The molecule has 1 saturated heterocycles. The third-order valence-corrected chi connectivity index (χ3v) is 5.85. The average Bonchev–Trinajstić information content (AvgIpc) is 3.36. The zero-order chi connectivity index (χ0) is 18.6. The van der Waals surface area contributed by atoms with Crippen LogP contribution in [0.5, 0.6) is 0 Å². The van der Waals surface area contributed by atoms with Gasteiger partial charge in [-0.15, -0.1) is 5.10 Å². The van der Waals surface area contributed by atoms with Crippen LogP contribution in [0.25, 0.3) is 11.0 Å². The predicted octanol–water partition coefficient (Wildman–Crippen LogP) is 2.12. The third-order valence-electron chi connectivity index (χ3n) is 5.85. The minimum absolute atomic E-state index is 0.0736. The van der Waals surface area contributed by atoms with Crippen molar-refractivity contribution in [2.75, 3.05) is 13.1 Å². The number of hydrogen-bond acceptors (Lipinski definition) is 4. The van der Waals surface area contributed by atoms with E-state index in [-0.39, 0.29) is 17.7 Å². The molecule has 2 fully saturated rings. The van der Waals surface area contributed by atoms with Gasteiger partial charge in [0.15, 0.2) is 0 Å². The van der Waals surface area contributed by atoms with Crippen LogP contribution in [-0.4, -0.2) is 50.8 Å². The van der Waals surface area contributed by atoms with E-state index in [9.17, 15) is 9.59 Å². The van der Waals surface area contributed by atoms with Crippen LogP contribution in [-0.2, 0) is 16.1 Å². The highest BCUT2D eigenvalue weighted by molar-refractivity contribution is 5.84. The number of aromatic nitrogens is 3. The summed E-state index contributed by atoms with van der Waals surface area (Å²) in [7, 11) is 0. The van der Waals surface area contributed by atoms with Crippen molar-refractivity contribution in [2.24, 2.45) is 5.92 Å². The fourth-order valence-corrected chi connectivity index (χ4v) is 4.32. The fourth-order valence-electron chi connectivity index (χ4n) is 4.32. The lowest BCUT2D eigenvalue weighted by atomic mass is 9.95. The molecule has 0 radical (unpaired) electrons. The molecule has 1 aromatic carbocycles. The lowest BCUT2D eigenvalue weighted by molar-refractivity contribution is -0.140. The summed E-state index contributed by atoms with van der Waals surface area (Å²) in [6.07, 6.45) is 6.54. The Hall–Kier alpha value is -2.44. The Kier molecular flexibility index (Phi) is 5.36. The Morgan fingerprint density at radius 3 is 2.85 bits per heavy atom. The van der Waals surface area contributed by atoms with Crippen molar-refractivity contribution in [2.45, 2.75) is 57.5 Å². The molecule has 1 aliphatic heterocycles. The van der Waals surface area contributed by atoms with Gasteiger partial charge in [-0.2, -0.15) is 0 Å². The molecule has 1 N–H and O–H groups in total. The van der Waals surface area contributed by atoms with Gasteiger partial charge in [-0.3, -0.25) is 9.59 Å². The van der Waals surface area contributed by atoms with E-state index >= 15 is 0 Å². The number of para-hydroxylation sites is 1. The van der Waals surface area contributed by atoms with Gasteiger partial charge in [0, 0.05) is 32.1 Å². The standard InChI is InChI=1S/C20H27N5O2/c26-19-11-10-15(14-24(19)16-6-1-2-7-16)20(27)21-12-5-13-25-18-9-4-3-8-17(18)22-23-25/h3-4,8-9,15-16H,1-2,5-7,10-14H2,(H,21,27). The lowest BCUT2D eigenvalue weighted by Crippen LogP contribution is -2.49. The van der Waals surface area contributed by atoms with Crippen LogP contribution < -0.4 is 5.32 Å². The molecule has 2 aromatic rings. The minimum atomic E-state index is -0.0736. The highest BCUT2D eigenvalue weighted by Gasteiger charge is 2.34. The number of hydrogen-bond donors (Lipinski definition) is 1. The van der Waals surface area contributed by atoms with E-state index in [4.69, 9.17) is 0 Å². The molecule has 2 aliphatic rings. The first-order chi connectivity index (χ1) is 13.2. The highest BCUT2D eigenvalue weighted by Crippen LogP contribution is 2.28. The van der Waals surface area contributed by atoms with Crippen molar-refractivity contribution in [3.63, 3.8) is 0 Å². The van der Waals surface area contributed by atoms with Crippen LogP contribution >= 0.6 is 0 Å². The first-order valence-electron chi connectivity index (χ1n) is 10.1. The molecule has 0 bridgehead atoms. The van der Waals surface area contributed by atoms with Gasteiger partial charge in [-0.25, -0.2) is 4.68 Å². The van der Waals surface area contributed by atoms with E-state index in [0.717, 1.165) is 36.8 Å². The maximum atomic E-state index is 12.6. The van der Waals surface area contributed by atoms with Crippen LogP contribution in [0.3, 0.4) is 0 Å². The third kappa shape index (κ3) is 3.96. The van der Waals surface area contributed by atoms with Crippen molar-refractivity contribution in [1.29, 1.82) is 0 Å². The number of rotatable bonds is 6. The van der Waals surface area contributed by atoms with Gasteiger partial charge in [0.05, 0.1) is 11.4 Å². The van der Waals surface area contributed by atoms with Gasteiger partial charge in [-0.1, -0.05) is 30.2 Å². The summed E-state index contributed by atoms with van der Waals surface area (Å²) in [5, 5.41) is 11.4. The van der Waals surface area contributed by atoms with E-state index in [1.54, 1.807) is 0 Å². The summed E-state index contributed by atoms with van der Waals surface area (Å²) in [4.78, 5) is 26.8. The molecule has 0 spiro atoms. The molecule has 1 aliphatic carbocycles. The van der Waals surface area contributed by atoms with Gasteiger partial charge in [-0.05, 0) is 37.8 Å². The monoisotopic (exact) mass is 369 g/mol. The molecule has 144 valence electrons. The zero-order valence-corrected chi connectivity index (χ0v) is 15.6. The SMILES string of the molecule is O=C(NCCCn1nnc2ccccc21)C1CCC(=O)N(C2CCCC2)C1. The Morgan fingerprint density at radius 1 is 1.19 bits per heavy atom. The smallest absolute Gasteiger partial charge is 0.224 e. The number of carbonyl (C=O) groups excluding carboxylic acids is 2. The van der Waals surface area contributed by atoms with E-state index in [1.165, 1.54) is 12.8 Å². The summed E-state index contributed by atoms with van der Waals surface area (Å²) in [6.45, 7) is 1.92. The van der Waals surface area contributed by atoms with Gasteiger partial charge in [0.25, 0.3) is 0 Å². The van der Waals surface area contributed by atoms with Crippen molar-refractivity contribution in [3.05, 3.63) is 24.3 Å². The average molecular weight is 369 g/mol. The van der Waals surface area contributed by atoms with Crippen LogP contribution in [0.2, 0.25) is 0 Å². The number of amides is 2. The molecule has 2 amide bonds. The number of benzene rings is 1. The first-order valence-corrected chi connectivity index (χ1v) is 10.1. The molecule has 7 nitrogen and oxygen atoms in total. The van der Waals surface area contributed by atoms with E-state index in [1.807, 2.05) is 33.8 Å². The molecular formula is C20H27N5O2. The quantitative estimate of drug-likeness (QED) is 0.791. The summed E-state index contributed by atoms with van der Waals surface area (Å²) < 4.78 is 1.88. The van der Waals surface area contributed by atoms with Crippen molar-refractivity contribution < 1.29 is 9.59 Å². The highest BCUT2D eigenvalue weighted by atomic mass is 16.2. The second kappa shape index (κ2) is 8.06. The minimum Gasteiger partial charge on any atom is -0.356 e. The molecule has 4 rings (SSSR count). The normalized spacial score (nSPS) is 21.1. The molecular weight excluding hydrogens is 342 g/mol. The second-order valence-electron chi connectivity index (χ2n) is 7.67. The number of nitrogens with one attached hydrogen (secondary N) is 1. The summed E-state index contributed by atoms with van der Waals surface area (Å²) in [5.41, 5.74) is 1.90. The summed E-state index contributed by atoms with van der Waals surface area (Å²) >= 11 is 0. The van der Waals surface area contributed by atoms with Crippen LogP contribution in [0.15, 0.2) is 24.3 Å². The number of piperidine rings is 1. The van der Waals surface area contributed by atoms with Crippen LogP contribution in [0.4, 0.5) is 0 Å². The Balaban J connectivity index is 1.25. The summed E-state index contributed by atoms with van der Waals surface area (Å²) in [5.74, 6) is 0.230. The van der Waals surface area contributed by atoms with Crippen LogP contribution in [0.1, 0.15) is 44.9 Å². The topological polar surface area (TPSA) is 80.1 Å². The fraction of sp³-hybridized carbons (Fsp3) is 0.600. The van der Waals surface area contributed by atoms with Gasteiger partial charge in [0.2, 0.25) is 11.8 Å². The van der Waals surface area contributed by atoms with E-state index in [0.29, 0.717) is 32.0 Å². The van der Waals surface area contributed by atoms with Crippen molar-refractivity contribution >= 4 is 22.8 Å². The van der Waals surface area contributed by atoms with Gasteiger partial charge in [0.1, 0.15) is 5.52 Å². The first kappa shape index (κ1) is 17.9. The number of fused-ring (bicyclic) bond motifs is 1. The molecule has 27 heavy (non-hydrogen) atoms. The van der Waals surface area contributed by atoms with E-state index < -0.39 is 0 Å². The maximum absolute atomic E-state index is 12.6.